The smallest absolute Gasteiger partial charge is 0.306 e. The Hall–Kier alpha value is -3.51. The molecule has 3 amide bonds. The van der Waals surface area contributed by atoms with Crippen molar-refractivity contribution in [1.82, 2.24) is 4.90 Å². The molecule has 1 N–H and O–H groups in total. The summed E-state index contributed by atoms with van der Waals surface area (Å²) in [6.07, 6.45) is -0.934. The van der Waals surface area contributed by atoms with Crippen LogP contribution >= 0.6 is 15.9 Å². The van der Waals surface area contributed by atoms with Gasteiger partial charge in [0.25, 0.3) is 17.7 Å². The molecule has 0 saturated heterocycles. The van der Waals surface area contributed by atoms with E-state index < -0.39 is 29.8 Å². The maximum atomic E-state index is 12.4. The van der Waals surface area contributed by atoms with Gasteiger partial charge in [-0.3, -0.25) is 24.1 Å². The molecular weight excluding hydrogens is 466 g/mol. The molecule has 1 aliphatic heterocycles. The van der Waals surface area contributed by atoms with Gasteiger partial charge in [0.2, 0.25) is 0 Å². The minimum Gasteiger partial charge on any atom is -0.453 e. The number of ether oxygens (including phenoxy) is 1. The van der Waals surface area contributed by atoms with E-state index in [1.807, 2.05) is 6.07 Å². The summed E-state index contributed by atoms with van der Waals surface area (Å²) >= 11 is 3.28. The van der Waals surface area contributed by atoms with Gasteiger partial charge in [0.1, 0.15) is 6.07 Å². The van der Waals surface area contributed by atoms with E-state index in [0.29, 0.717) is 26.9 Å². The first-order valence-corrected chi connectivity index (χ1v) is 10.3. The number of rotatable bonds is 7. The molecule has 8 nitrogen and oxygen atoms in total. The number of esters is 1. The topological polar surface area (TPSA) is 117 Å². The molecule has 1 atom stereocenters. The average molecular weight is 484 g/mol. The largest absolute Gasteiger partial charge is 0.453 e. The zero-order chi connectivity index (χ0) is 22.5. The molecular formula is C22H18BrN3O5. The van der Waals surface area contributed by atoms with Crippen LogP contribution in [-0.4, -0.2) is 41.2 Å². The normalized spacial score (nSPS) is 13.4. The van der Waals surface area contributed by atoms with Gasteiger partial charge in [-0.1, -0.05) is 28.1 Å². The number of nitrogens with zero attached hydrogens (tertiary/aromatic N) is 2. The lowest BCUT2D eigenvalue weighted by Gasteiger charge is -2.15. The standard InChI is InChI=1S/C22H18BrN3O5/c1-13(20(28)25-18-6-3-2-5-14(18)12-24)31-19(27)7-4-10-26-21(29)16-9-8-15(23)11-17(16)22(26)30/h2-3,5-6,8-9,11,13H,4,7,10H2,1H3,(H,25,28). The Labute approximate surface area is 186 Å². The number of amides is 3. The number of fused-ring (bicyclic) bond motifs is 1. The summed E-state index contributed by atoms with van der Waals surface area (Å²) < 4.78 is 5.82. The number of para-hydroxylation sites is 1. The molecule has 0 fully saturated rings. The summed E-state index contributed by atoms with van der Waals surface area (Å²) in [5.41, 5.74) is 1.28. The SMILES string of the molecule is CC(OC(=O)CCCN1C(=O)c2ccc(Br)cc2C1=O)C(=O)Nc1ccccc1C#N. The van der Waals surface area contributed by atoms with E-state index >= 15 is 0 Å². The molecule has 1 heterocycles. The number of anilines is 1. The van der Waals surface area contributed by atoms with Gasteiger partial charge in [-0.05, 0) is 43.7 Å². The van der Waals surface area contributed by atoms with Gasteiger partial charge in [-0.15, -0.1) is 0 Å². The van der Waals surface area contributed by atoms with Crippen LogP contribution in [0.4, 0.5) is 5.69 Å². The lowest BCUT2D eigenvalue weighted by atomic mass is 10.1. The van der Waals surface area contributed by atoms with Crippen LogP contribution in [0.3, 0.4) is 0 Å². The van der Waals surface area contributed by atoms with E-state index in [2.05, 4.69) is 21.2 Å². The van der Waals surface area contributed by atoms with Crippen LogP contribution in [0.15, 0.2) is 46.9 Å². The summed E-state index contributed by atoms with van der Waals surface area (Å²) in [5.74, 6) is -2.00. The van der Waals surface area contributed by atoms with E-state index in [1.165, 1.54) is 6.92 Å². The third-order valence-electron chi connectivity index (χ3n) is 4.68. The number of nitrogens with one attached hydrogen (secondary N) is 1. The molecule has 158 valence electrons. The fraction of sp³-hybridized carbons (Fsp3) is 0.227. The third-order valence-corrected chi connectivity index (χ3v) is 5.17. The second-order valence-electron chi connectivity index (χ2n) is 6.83. The van der Waals surface area contributed by atoms with Crippen molar-refractivity contribution in [1.29, 1.82) is 5.26 Å². The number of nitriles is 1. The van der Waals surface area contributed by atoms with E-state index in [1.54, 1.807) is 42.5 Å². The van der Waals surface area contributed by atoms with Gasteiger partial charge in [0.05, 0.1) is 22.4 Å². The van der Waals surface area contributed by atoms with Crippen molar-refractivity contribution in [2.45, 2.75) is 25.9 Å². The second-order valence-corrected chi connectivity index (χ2v) is 7.75. The number of hydrogen-bond acceptors (Lipinski definition) is 6. The van der Waals surface area contributed by atoms with Crippen molar-refractivity contribution in [3.8, 4) is 6.07 Å². The Kier molecular flexibility index (Phi) is 6.82. The van der Waals surface area contributed by atoms with Gasteiger partial charge < -0.3 is 10.1 Å². The number of imide groups is 1. The Bertz CT molecular complexity index is 1110. The number of carbonyl (C=O) groups is 4. The minimum atomic E-state index is -1.07. The zero-order valence-corrected chi connectivity index (χ0v) is 18.1. The molecule has 0 aromatic heterocycles. The first-order valence-electron chi connectivity index (χ1n) is 9.47. The molecule has 3 rings (SSSR count). The highest BCUT2D eigenvalue weighted by molar-refractivity contribution is 9.10. The van der Waals surface area contributed by atoms with Gasteiger partial charge in [-0.25, -0.2) is 0 Å². The van der Waals surface area contributed by atoms with Crippen molar-refractivity contribution < 1.29 is 23.9 Å². The van der Waals surface area contributed by atoms with Crippen LogP contribution in [-0.2, 0) is 14.3 Å². The van der Waals surface area contributed by atoms with Crippen molar-refractivity contribution in [3.05, 3.63) is 63.6 Å². The highest BCUT2D eigenvalue weighted by Gasteiger charge is 2.35. The molecule has 31 heavy (non-hydrogen) atoms. The molecule has 0 saturated carbocycles. The summed E-state index contributed by atoms with van der Waals surface area (Å²) in [6.45, 7) is 1.49. The summed E-state index contributed by atoms with van der Waals surface area (Å²) in [6, 6.07) is 13.3. The molecule has 1 aliphatic rings. The van der Waals surface area contributed by atoms with E-state index in [4.69, 9.17) is 10.00 Å². The molecule has 0 spiro atoms. The summed E-state index contributed by atoms with van der Waals surface area (Å²) in [7, 11) is 0. The second kappa shape index (κ2) is 9.53. The average Bonchev–Trinajstić information content (AvgIpc) is 2.98. The van der Waals surface area contributed by atoms with Gasteiger partial charge in [0.15, 0.2) is 6.10 Å². The zero-order valence-electron chi connectivity index (χ0n) is 16.6. The van der Waals surface area contributed by atoms with Crippen molar-refractivity contribution in [3.63, 3.8) is 0 Å². The highest BCUT2D eigenvalue weighted by Crippen LogP contribution is 2.26. The number of benzene rings is 2. The maximum Gasteiger partial charge on any atom is 0.306 e. The minimum absolute atomic E-state index is 0.0647. The van der Waals surface area contributed by atoms with E-state index in [-0.39, 0.29) is 19.4 Å². The summed E-state index contributed by atoms with van der Waals surface area (Å²) in [5, 5.41) is 11.6. The molecule has 2 aromatic rings. The number of carbonyl (C=O) groups excluding carboxylic acids is 4. The lowest BCUT2D eigenvalue weighted by Crippen LogP contribution is -2.32. The van der Waals surface area contributed by atoms with Gasteiger partial charge in [-0.2, -0.15) is 5.26 Å². The third kappa shape index (κ3) is 4.98. The van der Waals surface area contributed by atoms with Gasteiger partial charge in [0, 0.05) is 17.4 Å². The fourth-order valence-corrected chi connectivity index (χ4v) is 3.44. The molecule has 1 unspecified atom stereocenters. The molecule has 9 heteroatoms. The number of halogens is 1. The lowest BCUT2D eigenvalue weighted by molar-refractivity contribution is -0.153. The number of hydrogen-bond donors (Lipinski definition) is 1. The Balaban J connectivity index is 1.48. The first-order chi connectivity index (χ1) is 14.8. The fourth-order valence-electron chi connectivity index (χ4n) is 3.08. The van der Waals surface area contributed by atoms with Crippen LogP contribution < -0.4 is 5.32 Å². The van der Waals surface area contributed by atoms with Crippen molar-refractivity contribution in [2.75, 3.05) is 11.9 Å². The Morgan fingerprint density at radius 2 is 1.87 bits per heavy atom. The Morgan fingerprint density at radius 1 is 1.16 bits per heavy atom. The van der Waals surface area contributed by atoms with Crippen molar-refractivity contribution >= 4 is 45.3 Å². The Morgan fingerprint density at radius 3 is 2.61 bits per heavy atom. The van der Waals surface area contributed by atoms with Gasteiger partial charge >= 0.3 is 5.97 Å². The van der Waals surface area contributed by atoms with Crippen LogP contribution in [0.25, 0.3) is 0 Å². The van der Waals surface area contributed by atoms with Crippen LogP contribution in [0.5, 0.6) is 0 Å². The quantitative estimate of drug-likeness (QED) is 0.477. The van der Waals surface area contributed by atoms with Crippen LogP contribution in [0, 0.1) is 11.3 Å². The molecule has 0 aliphatic carbocycles. The van der Waals surface area contributed by atoms with E-state index in [0.717, 1.165) is 4.90 Å². The predicted molar refractivity (Wildman–Crippen MR) is 114 cm³/mol. The maximum absolute atomic E-state index is 12.4. The highest BCUT2D eigenvalue weighted by atomic mass is 79.9. The first kappa shape index (κ1) is 22.2. The van der Waals surface area contributed by atoms with E-state index in [9.17, 15) is 19.2 Å². The van der Waals surface area contributed by atoms with Crippen LogP contribution in [0.1, 0.15) is 46.0 Å². The molecule has 0 bridgehead atoms. The summed E-state index contributed by atoms with van der Waals surface area (Å²) in [4.78, 5) is 50.2. The monoisotopic (exact) mass is 483 g/mol. The predicted octanol–water partition coefficient (Wildman–Crippen LogP) is 3.27. The molecule has 0 radical (unpaired) electrons. The molecule has 2 aromatic carbocycles. The van der Waals surface area contributed by atoms with Crippen molar-refractivity contribution in [2.24, 2.45) is 0 Å². The van der Waals surface area contributed by atoms with Crippen LogP contribution in [0.2, 0.25) is 0 Å².